The van der Waals surface area contributed by atoms with Gasteiger partial charge < -0.3 is 15.1 Å². The lowest BCUT2D eigenvalue weighted by atomic mass is 10.1. The van der Waals surface area contributed by atoms with E-state index < -0.39 is 12.1 Å². The third-order valence-electron chi connectivity index (χ3n) is 4.76. The maximum Gasteiger partial charge on any atom is 0.303 e. The van der Waals surface area contributed by atoms with E-state index in [4.69, 9.17) is 5.11 Å². The molecule has 0 saturated carbocycles. The van der Waals surface area contributed by atoms with Crippen molar-refractivity contribution in [2.75, 3.05) is 6.54 Å². The normalized spacial score (nSPS) is 18.6. The largest absolute Gasteiger partial charge is 0.481 e. The number of rotatable bonds is 11. The highest BCUT2D eigenvalue weighted by Gasteiger charge is 2.28. The van der Waals surface area contributed by atoms with Crippen LogP contribution in [0.5, 0.6) is 0 Å². The van der Waals surface area contributed by atoms with Crippen molar-refractivity contribution in [2.24, 2.45) is 0 Å². The SMILES string of the molecule is O=C(O)CCCCCCN1C(=O)CC[C@H]1C=C[C@H](O)Cc1ccccc1. The number of aliphatic hydroxyl groups excluding tert-OH is 1. The fourth-order valence-corrected chi connectivity index (χ4v) is 3.34. The first kappa shape index (κ1) is 20.2. The first-order chi connectivity index (χ1) is 12.6. The Morgan fingerprint density at radius 3 is 2.65 bits per heavy atom. The molecule has 1 fully saturated rings. The predicted octanol–water partition coefficient (Wildman–Crippen LogP) is 3.17. The second kappa shape index (κ2) is 10.8. The van der Waals surface area contributed by atoms with Crippen LogP contribution in [0.4, 0.5) is 0 Å². The van der Waals surface area contributed by atoms with Crippen LogP contribution < -0.4 is 0 Å². The summed E-state index contributed by atoms with van der Waals surface area (Å²) in [6.45, 7) is 0.704. The molecule has 0 bridgehead atoms. The molecule has 0 aliphatic carbocycles. The van der Waals surface area contributed by atoms with Gasteiger partial charge in [0.05, 0.1) is 12.1 Å². The second-order valence-electron chi connectivity index (χ2n) is 6.89. The van der Waals surface area contributed by atoms with Gasteiger partial charge in [0.2, 0.25) is 5.91 Å². The molecule has 2 N–H and O–H groups in total. The van der Waals surface area contributed by atoms with Gasteiger partial charge in [-0.25, -0.2) is 0 Å². The van der Waals surface area contributed by atoms with Gasteiger partial charge >= 0.3 is 5.97 Å². The summed E-state index contributed by atoms with van der Waals surface area (Å²) >= 11 is 0. The van der Waals surface area contributed by atoms with Crippen LogP contribution >= 0.6 is 0 Å². The Hall–Kier alpha value is -2.14. The van der Waals surface area contributed by atoms with Crippen LogP contribution in [0.2, 0.25) is 0 Å². The lowest BCUT2D eigenvalue weighted by Crippen LogP contribution is -2.32. The van der Waals surface area contributed by atoms with Gasteiger partial charge in [-0.1, -0.05) is 55.3 Å². The Kier molecular flexibility index (Phi) is 8.35. The fourth-order valence-electron chi connectivity index (χ4n) is 3.34. The van der Waals surface area contributed by atoms with Crippen molar-refractivity contribution in [3.63, 3.8) is 0 Å². The molecule has 1 saturated heterocycles. The molecule has 5 nitrogen and oxygen atoms in total. The molecule has 26 heavy (non-hydrogen) atoms. The van der Waals surface area contributed by atoms with E-state index in [0.29, 0.717) is 25.8 Å². The molecule has 0 aromatic heterocycles. The lowest BCUT2D eigenvalue weighted by Gasteiger charge is -2.22. The molecule has 1 aliphatic heterocycles. The lowest BCUT2D eigenvalue weighted by molar-refractivity contribution is -0.137. The molecule has 1 aromatic rings. The van der Waals surface area contributed by atoms with Gasteiger partial charge in [0.15, 0.2) is 0 Å². The van der Waals surface area contributed by atoms with Gasteiger partial charge in [0, 0.05) is 25.8 Å². The zero-order valence-corrected chi connectivity index (χ0v) is 15.2. The van der Waals surface area contributed by atoms with E-state index in [1.165, 1.54) is 0 Å². The zero-order valence-electron chi connectivity index (χ0n) is 15.2. The number of nitrogens with zero attached hydrogens (tertiary/aromatic N) is 1. The van der Waals surface area contributed by atoms with E-state index in [1.54, 1.807) is 6.08 Å². The monoisotopic (exact) mass is 359 g/mol. The number of carboxylic acids is 1. The van der Waals surface area contributed by atoms with Gasteiger partial charge in [-0.3, -0.25) is 9.59 Å². The zero-order chi connectivity index (χ0) is 18.8. The van der Waals surface area contributed by atoms with Gasteiger partial charge in [0.25, 0.3) is 0 Å². The number of carbonyl (C=O) groups excluding carboxylic acids is 1. The van der Waals surface area contributed by atoms with Crippen molar-refractivity contribution in [2.45, 2.75) is 63.5 Å². The number of carbonyl (C=O) groups is 2. The molecule has 1 amide bonds. The highest BCUT2D eigenvalue weighted by molar-refractivity contribution is 5.79. The maximum absolute atomic E-state index is 12.1. The minimum atomic E-state index is -0.751. The first-order valence-corrected chi connectivity index (χ1v) is 9.48. The van der Waals surface area contributed by atoms with Gasteiger partial charge in [-0.05, 0) is 24.8 Å². The number of benzene rings is 1. The summed E-state index contributed by atoms with van der Waals surface area (Å²) in [5, 5.41) is 18.8. The number of aliphatic carboxylic acids is 1. The number of carboxylic acid groups (broad SMARTS) is 1. The topological polar surface area (TPSA) is 77.8 Å². The number of unbranched alkanes of at least 4 members (excludes halogenated alkanes) is 3. The third-order valence-corrected chi connectivity index (χ3v) is 4.76. The van der Waals surface area contributed by atoms with Crippen molar-refractivity contribution in [3.05, 3.63) is 48.0 Å². The molecule has 142 valence electrons. The maximum atomic E-state index is 12.1. The van der Waals surface area contributed by atoms with Crippen LogP contribution in [0.3, 0.4) is 0 Å². The van der Waals surface area contributed by atoms with E-state index in [0.717, 1.165) is 31.2 Å². The fraction of sp³-hybridized carbons (Fsp3) is 0.524. The quantitative estimate of drug-likeness (QED) is 0.470. The van der Waals surface area contributed by atoms with Crippen molar-refractivity contribution >= 4 is 11.9 Å². The first-order valence-electron chi connectivity index (χ1n) is 9.48. The van der Waals surface area contributed by atoms with Crippen LogP contribution in [0.15, 0.2) is 42.5 Å². The molecule has 2 rings (SSSR count). The van der Waals surface area contributed by atoms with Crippen LogP contribution in [0.1, 0.15) is 50.5 Å². The molecule has 1 aromatic carbocycles. The number of amides is 1. The average molecular weight is 359 g/mol. The summed E-state index contributed by atoms with van der Waals surface area (Å²) in [5.41, 5.74) is 1.09. The van der Waals surface area contributed by atoms with Crippen LogP contribution in [0.25, 0.3) is 0 Å². The van der Waals surface area contributed by atoms with Crippen LogP contribution in [-0.4, -0.2) is 45.7 Å². The molecule has 1 aliphatic rings. The van der Waals surface area contributed by atoms with Crippen LogP contribution in [-0.2, 0) is 16.0 Å². The summed E-state index contributed by atoms with van der Waals surface area (Å²) in [6, 6.07) is 9.92. The Labute approximate surface area is 155 Å². The van der Waals surface area contributed by atoms with E-state index in [9.17, 15) is 14.7 Å². The summed E-state index contributed by atoms with van der Waals surface area (Å²) in [7, 11) is 0. The van der Waals surface area contributed by atoms with E-state index in [-0.39, 0.29) is 18.4 Å². The van der Waals surface area contributed by atoms with Gasteiger partial charge in [-0.2, -0.15) is 0 Å². The van der Waals surface area contributed by atoms with Crippen molar-refractivity contribution in [1.82, 2.24) is 4.90 Å². The van der Waals surface area contributed by atoms with Gasteiger partial charge in [0.1, 0.15) is 0 Å². The summed E-state index contributed by atoms with van der Waals surface area (Å²) < 4.78 is 0. The average Bonchev–Trinajstić information content (AvgIpc) is 2.97. The van der Waals surface area contributed by atoms with E-state index >= 15 is 0 Å². The Morgan fingerprint density at radius 2 is 1.92 bits per heavy atom. The number of hydrogen-bond donors (Lipinski definition) is 2. The number of likely N-dealkylation sites (tertiary alicyclic amines) is 1. The minimum absolute atomic E-state index is 0.0620. The van der Waals surface area contributed by atoms with E-state index in [1.807, 2.05) is 41.3 Å². The smallest absolute Gasteiger partial charge is 0.303 e. The van der Waals surface area contributed by atoms with Gasteiger partial charge in [-0.15, -0.1) is 0 Å². The number of aliphatic hydroxyl groups is 1. The molecular weight excluding hydrogens is 330 g/mol. The summed E-state index contributed by atoms with van der Waals surface area (Å²) in [4.78, 5) is 24.5. The Morgan fingerprint density at radius 1 is 1.19 bits per heavy atom. The summed E-state index contributed by atoms with van der Waals surface area (Å²) in [5.74, 6) is -0.582. The molecule has 2 atom stereocenters. The third kappa shape index (κ3) is 7.00. The van der Waals surface area contributed by atoms with Crippen molar-refractivity contribution in [3.8, 4) is 0 Å². The van der Waals surface area contributed by atoms with E-state index in [2.05, 4.69) is 0 Å². The summed E-state index contributed by atoms with van der Waals surface area (Å²) in [6.07, 6.45) is 8.75. The predicted molar refractivity (Wildman–Crippen MR) is 101 cm³/mol. The second-order valence-corrected chi connectivity index (χ2v) is 6.89. The highest BCUT2D eigenvalue weighted by atomic mass is 16.4. The molecule has 5 heteroatoms. The minimum Gasteiger partial charge on any atom is -0.481 e. The molecular formula is C21H29NO4. The highest BCUT2D eigenvalue weighted by Crippen LogP contribution is 2.21. The number of hydrogen-bond acceptors (Lipinski definition) is 3. The molecule has 0 unspecified atom stereocenters. The van der Waals surface area contributed by atoms with Crippen LogP contribution in [0, 0.1) is 0 Å². The Balaban J connectivity index is 1.74. The Bertz CT molecular complexity index is 599. The molecule has 0 radical (unpaired) electrons. The van der Waals surface area contributed by atoms with Crippen molar-refractivity contribution in [1.29, 1.82) is 0 Å². The molecule has 1 heterocycles. The van der Waals surface area contributed by atoms with Crippen molar-refractivity contribution < 1.29 is 19.8 Å². The standard InChI is InChI=1S/C21H29NO4/c23-19(16-17-8-4-3-5-9-17)13-11-18-12-14-20(24)22(18)15-7-2-1-6-10-21(25)26/h3-5,8-9,11,13,18-19,23H,1-2,6-7,10,12,14-16H2,(H,25,26)/t18-,19+/m1/s1. The molecule has 0 spiro atoms.